The number of esters is 1. The first-order chi connectivity index (χ1) is 7.25. The van der Waals surface area contributed by atoms with Crippen LogP contribution < -0.4 is 5.32 Å². The molecule has 0 aromatic rings. The largest absolute Gasteiger partial charge is 0.464 e. The molecule has 2 fully saturated rings. The molecule has 1 N–H and O–H groups in total. The van der Waals surface area contributed by atoms with Crippen LogP contribution in [0, 0.1) is 0 Å². The summed E-state index contributed by atoms with van der Waals surface area (Å²) in [5, 5.41) is 3.25. The van der Waals surface area contributed by atoms with Crippen LogP contribution in [-0.4, -0.2) is 50.6 Å². The highest BCUT2D eigenvalue weighted by molar-refractivity contribution is 5.76. The van der Waals surface area contributed by atoms with E-state index in [-0.39, 0.29) is 24.3 Å². The van der Waals surface area contributed by atoms with Crippen molar-refractivity contribution in [1.82, 2.24) is 5.32 Å². The van der Waals surface area contributed by atoms with Gasteiger partial charge < -0.3 is 19.5 Å². The van der Waals surface area contributed by atoms with Crippen molar-refractivity contribution >= 4 is 5.97 Å². The zero-order valence-electron chi connectivity index (χ0n) is 8.90. The highest BCUT2D eigenvalue weighted by Crippen LogP contribution is 2.12. The van der Waals surface area contributed by atoms with Crippen LogP contribution in [0.1, 0.15) is 13.3 Å². The van der Waals surface area contributed by atoms with Gasteiger partial charge >= 0.3 is 5.97 Å². The van der Waals surface area contributed by atoms with E-state index in [0.717, 1.165) is 13.1 Å². The molecule has 2 saturated heterocycles. The lowest BCUT2D eigenvalue weighted by Crippen LogP contribution is -2.46. The van der Waals surface area contributed by atoms with Gasteiger partial charge in [-0.3, -0.25) is 0 Å². The summed E-state index contributed by atoms with van der Waals surface area (Å²) in [7, 11) is 0. The number of carbonyl (C=O) groups excluding carboxylic acids is 1. The Morgan fingerprint density at radius 3 is 3.07 bits per heavy atom. The van der Waals surface area contributed by atoms with Gasteiger partial charge in [0.1, 0.15) is 0 Å². The quantitative estimate of drug-likeness (QED) is 0.655. The first-order valence-corrected chi connectivity index (χ1v) is 5.40. The lowest BCUT2D eigenvalue weighted by Gasteiger charge is -2.28. The number of hydrogen-bond donors (Lipinski definition) is 1. The summed E-state index contributed by atoms with van der Waals surface area (Å²) in [6.07, 6.45) is 0.532. The molecule has 2 rings (SSSR count). The van der Waals surface area contributed by atoms with Crippen molar-refractivity contribution in [2.24, 2.45) is 0 Å². The maximum atomic E-state index is 11.1. The minimum absolute atomic E-state index is 0.0437. The van der Waals surface area contributed by atoms with Crippen LogP contribution in [0.3, 0.4) is 0 Å². The molecule has 0 radical (unpaired) electrons. The molecule has 0 bridgehead atoms. The monoisotopic (exact) mass is 215 g/mol. The van der Waals surface area contributed by atoms with E-state index in [1.54, 1.807) is 0 Å². The van der Waals surface area contributed by atoms with E-state index < -0.39 is 0 Å². The zero-order chi connectivity index (χ0) is 10.7. The summed E-state index contributed by atoms with van der Waals surface area (Å²) in [4.78, 5) is 11.1. The zero-order valence-corrected chi connectivity index (χ0v) is 8.90. The van der Waals surface area contributed by atoms with Gasteiger partial charge in [0.15, 0.2) is 6.10 Å². The van der Waals surface area contributed by atoms with Crippen molar-refractivity contribution in [3.05, 3.63) is 0 Å². The smallest absolute Gasteiger partial charge is 0.335 e. The van der Waals surface area contributed by atoms with E-state index in [0.29, 0.717) is 19.6 Å². The molecule has 0 aliphatic carbocycles. The predicted molar refractivity (Wildman–Crippen MR) is 52.5 cm³/mol. The molecule has 5 nitrogen and oxygen atoms in total. The van der Waals surface area contributed by atoms with Crippen LogP contribution >= 0.6 is 0 Å². The molecule has 0 aromatic carbocycles. The van der Waals surface area contributed by atoms with E-state index in [2.05, 4.69) is 5.32 Å². The molecule has 2 aliphatic rings. The normalized spacial score (nSPS) is 36.6. The first-order valence-electron chi connectivity index (χ1n) is 5.40. The lowest BCUT2D eigenvalue weighted by molar-refractivity contribution is -0.150. The van der Waals surface area contributed by atoms with Gasteiger partial charge in [0, 0.05) is 19.5 Å². The van der Waals surface area contributed by atoms with E-state index in [1.807, 2.05) is 6.92 Å². The fraction of sp³-hybridized carbons (Fsp3) is 0.900. The van der Waals surface area contributed by atoms with E-state index in [4.69, 9.17) is 14.2 Å². The number of rotatable bonds is 3. The van der Waals surface area contributed by atoms with Crippen LogP contribution in [-0.2, 0) is 19.0 Å². The Labute approximate surface area is 89.1 Å². The minimum Gasteiger partial charge on any atom is -0.464 e. The van der Waals surface area contributed by atoms with E-state index in [9.17, 15) is 4.79 Å². The van der Waals surface area contributed by atoms with Gasteiger partial charge in [-0.2, -0.15) is 0 Å². The molecule has 0 amide bonds. The van der Waals surface area contributed by atoms with Gasteiger partial charge in [-0.25, -0.2) is 4.79 Å². The molecule has 2 aliphatic heterocycles. The number of cyclic esters (lactones) is 1. The Morgan fingerprint density at radius 2 is 2.40 bits per heavy atom. The van der Waals surface area contributed by atoms with Crippen LogP contribution in [0.5, 0.6) is 0 Å². The number of nitrogens with one attached hydrogen (secondary N) is 1. The van der Waals surface area contributed by atoms with E-state index in [1.165, 1.54) is 0 Å². The Hall–Kier alpha value is -0.650. The number of carbonyl (C=O) groups is 1. The Bertz CT molecular complexity index is 233. The summed E-state index contributed by atoms with van der Waals surface area (Å²) < 4.78 is 15.9. The third-order valence-electron chi connectivity index (χ3n) is 2.60. The van der Waals surface area contributed by atoms with Crippen LogP contribution in [0.2, 0.25) is 0 Å². The molecular weight excluding hydrogens is 198 g/mol. The molecule has 0 saturated carbocycles. The third kappa shape index (κ3) is 2.90. The highest BCUT2D eigenvalue weighted by Gasteiger charge is 2.29. The Morgan fingerprint density at radius 1 is 1.53 bits per heavy atom. The molecular formula is C10H17NO4. The van der Waals surface area contributed by atoms with Gasteiger partial charge in [-0.1, -0.05) is 0 Å². The molecule has 3 unspecified atom stereocenters. The topological polar surface area (TPSA) is 56.8 Å². The van der Waals surface area contributed by atoms with Gasteiger partial charge in [0.2, 0.25) is 0 Å². The van der Waals surface area contributed by atoms with Crippen LogP contribution in [0.15, 0.2) is 0 Å². The second kappa shape index (κ2) is 4.92. The number of ether oxygens (including phenoxy) is 3. The second-order valence-corrected chi connectivity index (χ2v) is 4.01. The van der Waals surface area contributed by atoms with Crippen molar-refractivity contribution in [2.75, 3.05) is 26.3 Å². The fourth-order valence-corrected chi connectivity index (χ4v) is 1.82. The fourth-order valence-electron chi connectivity index (χ4n) is 1.82. The molecule has 2 heterocycles. The van der Waals surface area contributed by atoms with Gasteiger partial charge in [0.05, 0.1) is 25.4 Å². The van der Waals surface area contributed by atoms with Crippen molar-refractivity contribution in [2.45, 2.75) is 31.7 Å². The minimum atomic E-state index is -0.383. The lowest BCUT2D eigenvalue weighted by atomic mass is 10.2. The Kier molecular flexibility index (Phi) is 3.56. The predicted octanol–water partition coefficient (Wildman–Crippen LogP) is -0.305. The molecule has 0 spiro atoms. The van der Waals surface area contributed by atoms with Crippen molar-refractivity contribution in [1.29, 1.82) is 0 Å². The summed E-state index contributed by atoms with van der Waals surface area (Å²) in [5.41, 5.74) is 0. The van der Waals surface area contributed by atoms with Crippen molar-refractivity contribution in [3.63, 3.8) is 0 Å². The molecule has 5 heteroatoms. The average molecular weight is 215 g/mol. The van der Waals surface area contributed by atoms with E-state index >= 15 is 0 Å². The summed E-state index contributed by atoms with van der Waals surface area (Å²) in [6, 6.07) is 0. The van der Waals surface area contributed by atoms with Crippen molar-refractivity contribution in [3.8, 4) is 0 Å². The van der Waals surface area contributed by atoms with Gasteiger partial charge in [0.25, 0.3) is 0 Å². The molecule has 15 heavy (non-hydrogen) atoms. The maximum absolute atomic E-state index is 11.1. The maximum Gasteiger partial charge on any atom is 0.335 e. The standard InChI is InChI=1S/C10H17NO4/c1-7-4-11-5-8(15-7)6-14-9-2-3-13-10(9)12/h7-9,11H,2-6H2,1H3. The van der Waals surface area contributed by atoms with Crippen molar-refractivity contribution < 1.29 is 19.0 Å². The van der Waals surface area contributed by atoms with Gasteiger partial charge in [-0.15, -0.1) is 0 Å². The van der Waals surface area contributed by atoms with Crippen LogP contribution in [0.4, 0.5) is 0 Å². The third-order valence-corrected chi connectivity index (χ3v) is 2.60. The molecule has 86 valence electrons. The second-order valence-electron chi connectivity index (χ2n) is 4.01. The molecule has 3 atom stereocenters. The summed E-state index contributed by atoms with van der Waals surface area (Å²) in [6.45, 7) is 4.61. The number of morpholine rings is 1. The summed E-state index contributed by atoms with van der Waals surface area (Å²) >= 11 is 0. The highest BCUT2D eigenvalue weighted by atomic mass is 16.6. The summed E-state index contributed by atoms with van der Waals surface area (Å²) in [5.74, 6) is -0.244. The number of hydrogen-bond acceptors (Lipinski definition) is 5. The van der Waals surface area contributed by atoms with Gasteiger partial charge in [-0.05, 0) is 6.92 Å². The SMILES string of the molecule is CC1CNCC(COC2CCOC2=O)O1. The van der Waals surface area contributed by atoms with Crippen LogP contribution in [0.25, 0.3) is 0 Å². The average Bonchev–Trinajstić information content (AvgIpc) is 2.61. The first kappa shape index (κ1) is 10.9. The molecule has 0 aromatic heterocycles. The Balaban J connectivity index is 1.70.